The SMILES string of the molecule is Cc1ccc(C)c(N2C(=O)C(Nc3cccc(OC(F)(F)F)c3)=C(c3cccs3)C2=O)c1. The fraction of sp³-hybridized carbons (Fsp3) is 0.130. The van der Waals surface area contributed by atoms with Crippen LogP contribution in [0.5, 0.6) is 5.75 Å². The summed E-state index contributed by atoms with van der Waals surface area (Å²) < 4.78 is 41.7. The van der Waals surface area contributed by atoms with Crippen LogP contribution in [0.3, 0.4) is 0 Å². The topological polar surface area (TPSA) is 58.6 Å². The van der Waals surface area contributed by atoms with Crippen LogP contribution in [0.15, 0.2) is 65.7 Å². The summed E-state index contributed by atoms with van der Waals surface area (Å²) in [4.78, 5) is 28.4. The Labute approximate surface area is 185 Å². The summed E-state index contributed by atoms with van der Waals surface area (Å²) in [7, 11) is 0. The van der Waals surface area contributed by atoms with Crippen molar-refractivity contribution >= 4 is 40.1 Å². The second-order valence-electron chi connectivity index (χ2n) is 7.16. The molecule has 1 aliphatic heterocycles. The number of halogens is 3. The first-order chi connectivity index (χ1) is 15.1. The number of hydrogen-bond donors (Lipinski definition) is 1. The van der Waals surface area contributed by atoms with E-state index in [4.69, 9.17) is 0 Å². The Bertz CT molecular complexity index is 1230. The van der Waals surface area contributed by atoms with Gasteiger partial charge < -0.3 is 10.1 Å². The zero-order valence-electron chi connectivity index (χ0n) is 17.0. The molecule has 4 rings (SSSR count). The Morgan fingerprint density at radius 3 is 2.44 bits per heavy atom. The lowest BCUT2D eigenvalue weighted by molar-refractivity contribution is -0.274. The van der Waals surface area contributed by atoms with Crippen LogP contribution in [0.1, 0.15) is 16.0 Å². The molecule has 0 aliphatic carbocycles. The van der Waals surface area contributed by atoms with Gasteiger partial charge in [-0.05, 0) is 54.6 Å². The number of nitrogens with one attached hydrogen (secondary N) is 1. The van der Waals surface area contributed by atoms with Crippen molar-refractivity contribution in [3.05, 3.63) is 81.7 Å². The maximum Gasteiger partial charge on any atom is 0.573 e. The average molecular weight is 458 g/mol. The Morgan fingerprint density at radius 1 is 0.969 bits per heavy atom. The van der Waals surface area contributed by atoms with Crippen molar-refractivity contribution < 1.29 is 27.5 Å². The molecule has 0 unspecified atom stereocenters. The van der Waals surface area contributed by atoms with Gasteiger partial charge in [0.25, 0.3) is 11.8 Å². The van der Waals surface area contributed by atoms with Crippen molar-refractivity contribution in [3.8, 4) is 5.75 Å². The summed E-state index contributed by atoms with van der Waals surface area (Å²) in [6.45, 7) is 3.65. The number of benzene rings is 2. The smallest absolute Gasteiger partial charge is 0.406 e. The van der Waals surface area contributed by atoms with E-state index in [2.05, 4.69) is 10.1 Å². The van der Waals surface area contributed by atoms with Gasteiger partial charge in [-0.3, -0.25) is 9.59 Å². The third-order valence-electron chi connectivity index (χ3n) is 4.79. The van der Waals surface area contributed by atoms with Crippen LogP contribution in [-0.4, -0.2) is 18.2 Å². The van der Waals surface area contributed by atoms with Crippen LogP contribution < -0.4 is 15.0 Å². The molecule has 0 spiro atoms. The van der Waals surface area contributed by atoms with Gasteiger partial charge in [-0.25, -0.2) is 4.90 Å². The summed E-state index contributed by atoms with van der Waals surface area (Å²) in [5.74, 6) is -1.53. The molecule has 0 saturated carbocycles. The third kappa shape index (κ3) is 4.24. The van der Waals surface area contributed by atoms with Crippen molar-refractivity contribution in [1.29, 1.82) is 0 Å². The monoisotopic (exact) mass is 458 g/mol. The van der Waals surface area contributed by atoms with E-state index in [1.807, 2.05) is 19.1 Å². The van der Waals surface area contributed by atoms with E-state index in [1.54, 1.807) is 30.5 Å². The summed E-state index contributed by atoms with van der Waals surface area (Å²) >= 11 is 1.28. The number of carbonyl (C=O) groups excluding carboxylic acids is 2. The largest absolute Gasteiger partial charge is 0.573 e. The first-order valence-electron chi connectivity index (χ1n) is 9.51. The quantitative estimate of drug-likeness (QED) is 0.502. The van der Waals surface area contributed by atoms with E-state index >= 15 is 0 Å². The van der Waals surface area contributed by atoms with Crippen LogP contribution in [0.4, 0.5) is 24.5 Å². The van der Waals surface area contributed by atoms with E-state index in [1.165, 1.54) is 23.5 Å². The normalized spacial score (nSPS) is 14.3. The van der Waals surface area contributed by atoms with Crippen molar-refractivity contribution in [2.24, 2.45) is 0 Å². The molecular weight excluding hydrogens is 441 g/mol. The Hall–Kier alpha value is -3.59. The molecule has 164 valence electrons. The highest BCUT2D eigenvalue weighted by atomic mass is 32.1. The van der Waals surface area contributed by atoms with Crippen molar-refractivity contribution in [2.45, 2.75) is 20.2 Å². The molecule has 1 N–H and O–H groups in total. The van der Waals surface area contributed by atoms with E-state index < -0.39 is 23.9 Å². The van der Waals surface area contributed by atoms with Gasteiger partial charge >= 0.3 is 6.36 Å². The zero-order valence-corrected chi connectivity index (χ0v) is 17.8. The molecule has 0 fully saturated rings. The van der Waals surface area contributed by atoms with Gasteiger partial charge in [0.1, 0.15) is 11.4 Å². The minimum atomic E-state index is -4.85. The lowest BCUT2D eigenvalue weighted by Gasteiger charge is -2.18. The van der Waals surface area contributed by atoms with Crippen LogP contribution in [-0.2, 0) is 9.59 Å². The highest BCUT2D eigenvalue weighted by molar-refractivity contribution is 7.11. The predicted octanol–water partition coefficient (Wildman–Crippen LogP) is 5.66. The average Bonchev–Trinajstić information content (AvgIpc) is 3.30. The summed E-state index contributed by atoms with van der Waals surface area (Å²) in [6, 6.07) is 14.0. The Kier molecular flexibility index (Phi) is 5.52. The minimum Gasteiger partial charge on any atom is -0.406 e. The standard InChI is InChI=1S/C23H17F3N2O3S/c1-13-8-9-14(2)17(11-13)28-21(29)19(18-7-4-10-32-18)20(22(28)30)27-15-5-3-6-16(12-15)31-23(24,25)26/h3-12,27H,1-2H3. The van der Waals surface area contributed by atoms with Crippen molar-refractivity contribution in [2.75, 3.05) is 10.2 Å². The molecule has 0 radical (unpaired) electrons. The second kappa shape index (κ2) is 8.16. The minimum absolute atomic E-state index is 0.0116. The molecule has 0 atom stereocenters. The number of rotatable bonds is 5. The molecular formula is C23H17F3N2O3S. The summed E-state index contributed by atoms with van der Waals surface area (Å²) in [5, 5.41) is 4.62. The van der Waals surface area contributed by atoms with Crippen LogP contribution in [0, 0.1) is 13.8 Å². The number of nitrogens with zero attached hydrogens (tertiary/aromatic N) is 1. The highest BCUT2D eigenvalue weighted by Gasteiger charge is 2.41. The van der Waals surface area contributed by atoms with Crippen molar-refractivity contribution in [1.82, 2.24) is 0 Å². The van der Waals surface area contributed by atoms with E-state index in [0.29, 0.717) is 10.6 Å². The molecule has 1 aliphatic rings. The van der Waals surface area contributed by atoms with Gasteiger partial charge in [-0.1, -0.05) is 24.3 Å². The van der Waals surface area contributed by atoms with Gasteiger partial charge in [0.2, 0.25) is 0 Å². The predicted molar refractivity (Wildman–Crippen MR) is 116 cm³/mol. The summed E-state index contributed by atoms with van der Waals surface area (Å²) in [6.07, 6.45) is -4.85. The second-order valence-corrected chi connectivity index (χ2v) is 8.11. The Morgan fingerprint density at radius 2 is 1.75 bits per heavy atom. The first-order valence-corrected chi connectivity index (χ1v) is 10.4. The molecule has 5 nitrogen and oxygen atoms in total. The molecule has 1 aromatic heterocycles. The first kappa shape index (κ1) is 21.6. The molecule has 32 heavy (non-hydrogen) atoms. The number of alkyl halides is 3. The van der Waals surface area contributed by atoms with Gasteiger partial charge in [0, 0.05) is 16.6 Å². The number of thiophene rings is 1. The molecule has 9 heteroatoms. The van der Waals surface area contributed by atoms with Gasteiger partial charge in [0.05, 0.1) is 11.3 Å². The number of ether oxygens (including phenoxy) is 1. The zero-order chi connectivity index (χ0) is 23.0. The number of hydrogen-bond acceptors (Lipinski definition) is 5. The molecule has 0 saturated heterocycles. The fourth-order valence-corrected chi connectivity index (χ4v) is 4.16. The number of carbonyl (C=O) groups is 2. The number of aryl methyl sites for hydroxylation is 2. The van der Waals surface area contributed by atoms with E-state index in [9.17, 15) is 22.8 Å². The molecule has 2 aromatic carbocycles. The maximum atomic E-state index is 13.4. The molecule has 3 aromatic rings. The Balaban J connectivity index is 1.76. The third-order valence-corrected chi connectivity index (χ3v) is 5.68. The van der Waals surface area contributed by atoms with Crippen molar-refractivity contribution in [3.63, 3.8) is 0 Å². The van der Waals surface area contributed by atoms with Gasteiger partial charge in [-0.15, -0.1) is 24.5 Å². The lowest BCUT2D eigenvalue weighted by Crippen LogP contribution is -2.33. The number of anilines is 2. The van der Waals surface area contributed by atoms with Gasteiger partial charge in [-0.2, -0.15) is 0 Å². The number of amides is 2. The molecule has 0 bridgehead atoms. The van der Waals surface area contributed by atoms with Crippen LogP contribution in [0.2, 0.25) is 0 Å². The lowest BCUT2D eigenvalue weighted by atomic mass is 10.1. The van der Waals surface area contributed by atoms with E-state index in [0.717, 1.165) is 28.2 Å². The molecule has 2 heterocycles. The summed E-state index contributed by atoms with van der Waals surface area (Å²) in [5.41, 5.74) is 2.40. The van der Waals surface area contributed by atoms with E-state index in [-0.39, 0.29) is 17.0 Å². The number of imide groups is 1. The van der Waals surface area contributed by atoms with Crippen LogP contribution in [0.25, 0.3) is 5.57 Å². The maximum absolute atomic E-state index is 13.4. The molecule has 2 amide bonds. The fourth-order valence-electron chi connectivity index (χ4n) is 3.39. The van der Waals surface area contributed by atoms with Gasteiger partial charge in [0.15, 0.2) is 0 Å². The van der Waals surface area contributed by atoms with Crippen LogP contribution >= 0.6 is 11.3 Å². The highest BCUT2D eigenvalue weighted by Crippen LogP contribution is 2.37.